The fourth-order valence-electron chi connectivity index (χ4n) is 2.62. The van der Waals surface area contributed by atoms with Crippen molar-refractivity contribution in [1.29, 1.82) is 0 Å². The highest BCUT2D eigenvalue weighted by Gasteiger charge is 2.18. The molecule has 2 N–H and O–H groups in total. The predicted octanol–water partition coefficient (Wildman–Crippen LogP) is 3.51. The summed E-state index contributed by atoms with van der Waals surface area (Å²) in [6, 6.07) is 7.97. The first kappa shape index (κ1) is 15.3. The number of rotatable bonds is 7. The van der Waals surface area contributed by atoms with Gasteiger partial charge in [0.15, 0.2) is 0 Å². The van der Waals surface area contributed by atoms with Gasteiger partial charge in [-0.1, -0.05) is 19.1 Å². The van der Waals surface area contributed by atoms with Crippen LogP contribution in [0.15, 0.2) is 24.3 Å². The topological polar surface area (TPSA) is 44.5 Å². The largest absolute Gasteiger partial charge is 0.494 e. The van der Waals surface area contributed by atoms with Gasteiger partial charge in [0.05, 0.1) is 19.3 Å². The molecule has 1 saturated carbocycles. The molecule has 0 unspecified atom stereocenters. The monoisotopic (exact) mass is 277 g/mol. The molecule has 0 aromatic heterocycles. The lowest BCUT2D eigenvalue weighted by atomic mass is 9.89. The Kier molecular flexibility index (Phi) is 6.34. The molecule has 112 valence electrons. The highest BCUT2D eigenvalue weighted by atomic mass is 16.5. The van der Waals surface area contributed by atoms with Crippen molar-refractivity contribution in [3.05, 3.63) is 29.8 Å². The summed E-state index contributed by atoms with van der Waals surface area (Å²) in [7, 11) is 0. The maximum Gasteiger partial charge on any atom is 0.119 e. The third kappa shape index (κ3) is 5.14. The van der Waals surface area contributed by atoms with E-state index in [1.807, 2.05) is 24.3 Å². The maximum absolute atomic E-state index is 5.91. The van der Waals surface area contributed by atoms with E-state index >= 15 is 0 Å². The second-order valence-corrected chi connectivity index (χ2v) is 5.80. The maximum atomic E-state index is 5.91. The second-order valence-electron chi connectivity index (χ2n) is 5.80. The van der Waals surface area contributed by atoms with E-state index in [0.29, 0.717) is 19.3 Å². The Bertz CT molecular complexity index is 369. The lowest BCUT2D eigenvalue weighted by Crippen LogP contribution is -2.21. The summed E-state index contributed by atoms with van der Waals surface area (Å²) in [5, 5.41) is 0. The van der Waals surface area contributed by atoms with Crippen molar-refractivity contribution in [2.45, 2.75) is 51.7 Å². The summed E-state index contributed by atoms with van der Waals surface area (Å²) in [5.74, 6) is 1.79. The Balaban J connectivity index is 1.55. The van der Waals surface area contributed by atoms with Gasteiger partial charge in [0.2, 0.25) is 0 Å². The van der Waals surface area contributed by atoms with Crippen LogP contribution in [0.1, 0.15) is 44.6 Å². The molecule has 0 aliphatic heterocycles. The van der Waals surface area contributed by atoms with Gasteiger partial charge in [-0.05, 0) is 49.3 Å². The Morgan fingerprint density at radius 3 is 2.40 bits per heavy atom. The van der Waals surface area contributed by atoms with Gasteiger partial charge in [-0.3, -0.25) is 0 Å². The number of hydrogen-bond acceptors (Lipinski definition) is 3. The molecule has 1 aromatic carbocycles. The second kappa shape index (κ2) is 8.28. The van der Waals surface area contributed by atoms with Crippen LogP contribution < -0.4 is 10.5 Å². The SMILES string of the molecule is CC1CCC(OCCCOc2ccc(CN)cc2)CC1. The van der Waals surface area contributed by atoms with E-state index in [1.54, 1.807) is 0 Å². The summed E-state index contributed by atoms with van der Waals surface area (Å²) in [6.45, 7) is 4.43. The van der Waals surface area contributed by atoms with E-state index in [4.69, 9.17) is 15.2 Å². The Labute approximate surface area is 122 Å². The van der Waals surface area contributed by atoms with Crippen LogP contribution in [0.4, 0.5) is 0 Å². The molecule has 0 spiro atoms. The molecule has 0 radical (unpaired) electrons. The molecular weight excluding hydrogens is 250 g/mol. The van der Waals surface area contributed by atoms with E-state index in [1.165, 1.54) is 25.7 Å². The van der Waals surface area contributed by atoms with E-state index in [0.717, 1.165) is 30.3 Å². The van der Waals surface area contributed by atoms with E-state index in [-0.39, 0.29) is 0 Å². The minimum atomic E-state index is 0.482. The number of hydrogen-bond donors (Lipinski definition) is 1. The lowest BCUT2D eigenvalue weighted by Gasteiger charge is -2.26. The van der Waals surface area contributed by atoms with E-state index in [9.17, 15) is 0 Å². The van der Waals surface area contributed by atoms with Crippen LogP contribution in [0.3, 0.4) is 0 Å². The van der Waals surface area contributed by atoms with Crippen molar-refractivity contribution >= 4 is 0 Å². The van der Waals surface area contributed by atoms with Gasteiger partial charge in [-0.25, -0.2) is 0 Å². The van der Waals surface area contributed by atoms with E-state index < -0.39 is 0 Å². The molecule has 3 heteroatoms. The normalized spacial score (nSPS) is 22.7. The third-order valence-corrected chi connectivity index (χ3v) is 4.03. The highest BCUT2D eigenvalue weighted by molar-refractivity contribution is 5.26. The zero-order valence-electron chi connectivity index (χ0n) is 12.5. The van der Waals surface area contributed by atoms with E-state index in [2.05, 4.69) is 6.92 Å². The molecule has 1 aromatic rings. The minimum Gasteiger partial charge on any atom is -0.494 e. The molecule has 1 aliphatic rings. The highest BCUT2D eigenvalue weighted by Crippen LogP contribution is 2.25. The van der Waals surface area contributed by atoms with Crippen molar-refractivity contribution < 1.29 is 9.47 Å². The van der Waals surface area contributed by atoms with Crippen molar-refractivity contribution in [3.63, 3.8) is 0 Å². The molecule has 20 heavy (non-hydrogen) atoms. The van der Waals surface area contributed by atoms with Crippen LogP contribution in [0.2, 0.25) is 0 Å². The molecule has 0 atom stereocenters. The van der Waals surface area contributed by atoms with Crippen LogP contribution >= 0.6 is 0 Å². The molecule has 1 aliphatic carbocycles. The van der Waals surface area contributed by atoms with Gasteiger partial charge in [-0.15, -0.1) is 0 Å². The summed E-state index contributed by atoms with van der Waals surface area (Å²) in [4.78, 5) is 0. The molecular formula is C17H27NO2. The summed E-state index contributed by atoms with van der Waals surface area (Å²) < 4.78 is 11.6. The fourth-order valence-corrected chi connectivity index (χ4v) is 2.62. The molecule has 1 fully saturated rings. The van der Waals surface area contributed by atoms with Crippen molar-refractivity contribution in [2.75, 3.05) is 13.2 Å². The van der Waals surface area contributed by atoms with Crippen LogP contribution in [-0.4, -0.2) is 19.3 Å². The van der Waals surface area contributed by atoms with Gasteiger partial charge in [0, 0.05) is 13.0 Å². The molecule has 0 bridgehead atoms. The lowest BCUT2D eigenvalue weighted by molar-refractivity contribution is 0.0146. The zero-order valence-corrected chi connectivity index (χ0v) is 12.5. The third-order valence-electron chi connectivity index (χ3n) is 4.03. The first-order valence-corrected chi connectivity index (χ1v) is 7.81. The summed E-state index contributed by atoms with van der Waals surface area (Å²) in [6.07, 6.45) is 6.51. The standard InChI is InChI=1S/C17H27NO2/c1-14-3-7-16(8-4-14)19-11-2-12-20-17-9-5-15(13-18)6-10-17/h5-6,9-10,14,16H,2-4,7-8,11-13,18H2,1H3. The molecule has 0 saturated heterocycles. The Morgan fingerprint density at radius 2 is 1.75 bits per heavy atom. The minimum absolute atomic E-state index is 0.482. The average molecular weight is 277 g/mol. The molecule has 3 nitrogen and oxygen atoms in total. The molecule has 0 amide bonds. The van der Waals surface area contributed by atoms with Crippen LogP contribution in [0, 0.1) is 5.92 Å². The smallest absolute Gasteiger partial charge is 0.119 e. The van der Waals surface area contributed by atoms with Gasteiger partial charge < -0.3 is 15.2 Å². The number of nitrogens with two attached hydrogens (primary N) is 1. The quantitative estimate of drug-likeness (QED) is 0.776. The van der Waals surface area contributed by atoms with Crippen LogP contribution in [0.25, 0.3) is 0 Å². The Morgan fingerprint density at radius 1 is 1.05 bits per heavy atom. The zero-order chi connectivity index (χ0) is 14.2. The molecule has 2 rings (SSSR count). The van der Waals surface area contributed by atoms with Crippen LogP contribution in [0.5, 0.6) is 5.75 Å². The van der Waals surface area contributed by atoms with Gasteiger partial charge in [-0.2, -0.15) is 0 Å². The Hall–Kier alpha value is -1.06. The van der Waals surface area contributed by atoms with Gasteiger partial charge >= 0.3 is 0 Å². The van der Waals surface area contributed by atoms with Gasteiger partial charge in [0.1, 0.15) is 5.75 Å². The summed E-state index contributed by atoms with van der Waals surface area (Å²) >= 11 is 0. The first-order valence-electron chi connectivity index (χ1n) is 7.81. The number of ether oxygens (including phenoxy) is 2. The molecule has 0 heterocycles. The predicted molar refractivity (Wildman–Crippen MR) is 81.8 cm³/mol. The van der Waals surface area contributed by atoms with Gasteiger partial charge in [0.25, 0.3) is 0 Å². The first-order chi connectivity index (χ1) is 9.78. The van der Waals surface area contributed by atoms with Crippen molar-refractivity contribution in [1.82, 2.24) is 0 Å². The average Bonchev–Trinajstić information content (AvgIpc) is 2.49. The van der Waals surface area contributed by atoms with Crippen LogP contribution in [-0.2, 0) is 11.3 Å². The fraction of sp³-hybridized carbons (Fsp3) is 0.647. The number of benzene rings is 1. The van der Waals surface area contributed by atoms with Crippen molar-refractivity contribution in [3.8, 4) is 5.75 Å². The van der Waals surface area contributed by atoms with Crippen molar-refractivity contribution in [2.24, 2.45) is 11.7 Å². The summed E-state index contributed by atoms with van der Waals surface area (Å²) in [5.41, 5.74) is 6.69.